The van der Waals surface area contributed by atoms with Gasteiger partial charge >= 0.3 is 5.97 Å². The summed E-state index contributed by atoms with van der Waals surface area (Å²) in [4.78, 5) is 13.6. The number of benzene rings is 3. The van der Waals surface area contributed by atoms with Crippen molar-refractivity contribution in [2.24, 2.45) is 7.05 Å². The number of fused-ring (bicyclic) bond motifs is 3. The quantitative estimate of drug-likeness (QED) is 0.153. The average Bonchev–Trinajstić information content (AvgIpc) is 3.49. The average molecular weight is 568 g/mol. The number of carbonyl (C=O) groups is 1. The molecule has 1 aliphatic heterocycles. The summed E-state index contributed by atoms with van der Waals surface area (Å²) < 4.78 is 27.7. The number of methoxy groups -OCH3 is 1. The summed E-state index contributed by atoms with van der Waals surface area (Å²) in [6.45, 7) is 4.38. The van der Waals surface area contributed by atoms with Gasteiger partial charge in [-0.15, -0.1) is 0 Å². The summed E-state index contributed by atoms with van der Waals surface area (Å²) in [6, 6.07) is 20.6. The molecule has 0 atom stereocenters. The van der Waals surface area contributed by atoms with E-state index in [0.29, 0.717) is 51.0 Å². The third-order valence-electron chi connectivity index (χ3n) is 7.92. The van der Waals surface area contributed by atoms with Crippen molar-refractivity contribution < 1.29 is 23.7 Å². The molecule has 8 nitrogen and oxygen atoms in total. The van der Waals surface area contributed by atoms with Crippen molar-refractivity contribution in [2.75, 3.05) is 26.9 Å². The van der Waals surface area contributed by atoms with Crippen molar-refractivity contribution in [3.63, 3.8) is 0 Å². The highest BCUT2D eigenvalue weighted by atomic mass is 16.5. The molecule has 0 fully saturated rings. The van der Waals surface area contributed by atoms with E-state index in [-0.39, 0.29) is 5.97 Å². The molecule has 2 aromatic heterocycles. The van der Waals surface area contributed by atoms with E-state index in [0.717, 1.165) is 69.1 Å². The first-order valence-electron chi connectivity index (χ1n) is 14.7. The number of aryl methyl sites for hydroxylation is 3. The zero-order valence-corrected chi connectivity index (χ0v) is 24.5. The van der Waals surface area contributed by atoms with Crippen LogP contribution in [0.1, 0.15) is 47.9 Å². The second-order valence-corrected chi connectivity index (χ2v) is 10.5. The fourth-order valence-corrected chi connectivity index (χ4v) is 6.15. The van der Waals surface area contributed by atoms with Crippen molar-refractivity contribution in [2.45, 2.75) is 45.8 Å². The standard InChI is InChI=1S/C34H37N3O5/c1-4-41-34(38)32-26(17-11-21-42-29-18-9-13-23-12-5-6-14-24(23)29)25-15-10-16-27-30-28(35-36(2)33(30)39-3)22-40-20-8-7-19-37(32)31(25)27/h5-6,9-10,12-16,18H,4,7-8,11,17,19-22H2,1-3H3. The van der Waals surface area contributed by atoms with Crippen LogP contribution in [0.4, 0.5) is 0 Å². The monoisotopic (exact) mass is 567 g/mol. The molecule has 0 amide bonds. The Morgan fingerprint density at radius 3 is 2.69 bits per heavy atom. The lowest BCUT2D eigenvalue weighted by atomic mass is 9.99. The minimum absolute atomic E-state index is 0.297. The number of esters is 1. The van der Waals surface area contributed by atoms with Crippen LogP contribution >= 0.6 is 0 Å². The third-order valence-corrected chi connectivity index (χ3v) is 7.92. The summed E-state index contributed by atoms with van der Waals surface area (Å²) in [5.41, 5.74) is 5.30. The second kappa shape index (κ2) is 12.3. The summed E-state index contributed by atoms with van der Waals surface area (Å²) in [7, 11) is 3.54. The Balaban J connectivity index is 1.43. The highest BCUT2D eigenvalue weighted by Gasteiger charge is 2.29. The van der Waals surface area contributed by atoms with E-state index in [1.54, 1.807) is 11.8 Å². The molecule has 3 aromatic carbocycles. The molecule has 3 heterocycles. The molecule has 6 rings (SSSR count). The van der Waals surface area contributed by atoms with Gasteiger partial charge in [-0.25, -0.2) is 9.48 Å². The maximum absolute atomic E-state index is 13.6. The van der Waals surface area contributed by atoms with E-state index in [4.69, 9.17) is 24.0 Å². The maximum Gasteiger partial charge on any atom is 0.355 e. The SMILES string of the molecule is CCOC(=O)c1c(CCCOc2cccc3ccccc23)c2cccc3c2n1CCCCOCc1nn(C)c(OC)c1-3. The van der Waals surface area contributed by atoms with Gasteiger partial charge in [0.05, 0.1) is 38.0 Å². The van der Waals surface area contributed by atoms with Crippen LogP contribution in [0, 0.1) is 0 Å². The number of nitrogens with zero attached hydrogens (tertiary/aromatic N) is 3. The molecule has 0 radical (unpaired) electrons. The van der Waals surface area contributed by atoms with Crippen LogP contribution in [0.2, 0.25) is 0 Å². The molecule has 0 saturated carbocycles. The summed E-state index contributed by atoms with van der Waals surface area (Å²) in [5, 5.41) is 8.03. The van der Waals surface area contributed by atoms with Crippen molar-refractivity contribution in [1.82, 2.24) is 14.3 Å². The van der Waals surface area contributed by atoms with Gasteiger partial charge in [0, 0.05) is 36.5 Å². The molecule has 5 aromatic rings. The number of rotatable bonds is 8. The fraction of sp³-hybridized carbons (Fsp3) is 0.353. The Kier molecular flexibility index (Phi) is 8.15. The van der Waals surface area contributed by atoms with Crippen molar-refractivity contribution in [3.05, 3.63) is 77.6 Å². The van der Waals surface area contributed by atoms with E-state index in [1.807, 2.05) is 44.3 Å². The Bertz CT molecular complexity index is 1730. The van der Waals surface area contributed by atoms with Crippen LogP contribution in [0.3, 0.4) is 0 Å². The topological polar surface area (TPSA) is 76.7 Å². The van der Waals surface area contributed by atoms with Gasteiger partial charge in [-0.3, -0.25) is 0 Å². The summed E-state index contributed by atoms with van der Waals surface area (Å²) in [6.07, 6.45) is 3.16. The first-order chi connectivity index (χ1) is 20.6. The minimum atomic E-state index is -0.297. The molecule has 0 saturated heterocycles. The van der Waals surface area contributed by atoms with E-state index in [2.05, 4.69) is 34.9 Å². The second-order valence-electron chi connectivity index (χ2n) is 10.5. The van der Waals surface area contributed by atoms with Crippen LogP contribution in [-0.2, 0) is 36.1 Å². The van der Waals surface area contributed by atoms with Crippen molar-refractivity contribution >= 4 is 27.6 Å². The molecule has 42 heavy (non-hydrogen) atoms. The smallest absolute Gasteiger partial charge is 0.355 e. The lowest BCUT2D eigenvalue weighted by molar-refractivity contribution is 0.0512. The Morgan fingerprint density at radius 2 is 1.83 bits per heavy atom. The first-order valence-corrected chi connectivity index (χ1v) is 14.7. The van der Waals surface area contributed by atoms with Crippen LogP contribution in [0.25, 0.3) is 32.8 Å². The molecule has 218 valence electrons. The minimum Gasteiger partial charge on any atom is -0.493 e. The number of aromatic nitrogens is 3. The Hall–Kier alpha value is -4.30. The predicted octanol–water partition coefficient (Wildman–Crippen LogP) is 6.70. The number of para-hydroxylation sites is 1. The maximum atomic E-state index is 13.6. The first kappa shape index (κ1) is 27.8. The van der Waals surface area contributed by atoms with Crippen LogP contribution < -0.4 is 9.47 Å². The zero-order valence-electron chi connectivity index (χ0n) is 24.5. The Morgan fingerprint density at radius 1 is 1.02 bits per heavy atom. The molecule has 1 aliphatic rings. The van der Waals surface area contributed by atoms with Gasteiger partial charge < -0.3 is 23.5 Å². The van der Waals surface area contributed by atoms with Crippen molar-refractivity contribution in [1.29, 1.82) is 0 Å². The van der Waals surface area contributed by atoms with E-state index in [9.17, 15) is 4.79 Å². The number of carbonyl (C=O) groups excluding carboxylic acids is 1. The van der Waals surface area contributed by atoms with E-state index in [1.165, 1.54) is 0 Å². The van der Waals surface area contributed by atoms with Gasteiger partial charge in [0.1, 0.15) is 17.1 Å². The van der Waals surface area contributed by atoms with Crippen LogP contribution in [0.5, 0.6) is 11.6 Å². The zero-order chi connectivity index (χ0) is 29.1. The number of hydrogen-bond acceptors (Lipinski definition) is 6. The summed E-state index contributed by atoms with van der Waals surface area (Å²) >= 11 is 0. The molecule has 0 spiro atoms. The molecular weight excluding hydrogens is 530 g/mol. The van der Waals surface area contributed by atoms with E-state index < -0.39 is 0 Å². The largest absolute Gasteiger partial charge is 0.493 e. The van der Waals surface area contributed by atoms with Gasteiger partial charge in [-0.05, 0) is 49.6 Å². The molecule has 0 N–H and O–H groups in total. The molecule has 8 heteroatoms. The van der Waals surface area contributed by atoms with E-state index >= 15 is 0 Å². The van der Waals surface area contributed by atoms with Gasteiger partial charge in [0.25, 0.3) is 0 Å². The van der Waals surface area contributed by atoms with Crippen molar-refractivity contribution in [3.8, 4) is 22.8 Å². The van der Waals surface area contributed by atoms with Crippen LogP contribution in [0.15, 0.2) is 60.7 Å². The van der Waals surface area contributed by atoms with Gasteiger partial charge in [0.15, 0.2) is 0 Å². The third kappa shape index (κ3) is 5.11. The molecule has 0 bridgehead atoms. The number of hydrogen-bond donors (Lipinski definition) is 0. The predicted molar refractivity (Wildman–Crippen MR) is 163 cm³/mol. The lowest BCUT2D eigenvalue weighted by Gasteiger charge is -2.13. The molecule has 0 aliphatic carbocycles. The fourth-order valence-electron chi connectivity index (χ4n) is 6.15. The lowest BCUT2D eigenvalue weighted by Crippen LogP contribution is -2.15. The molecular formula is C34H37N3O5. The van der Waals surface area contributed by atoms with Crippen LogP contribution in [-0.4, -0.2) is 47.2 Å². The van der Waals surface area contributed by atoms with Gasteiger partial charge in [-0.2, -0.15) is 5.10 Å². The number of ether oxygens (including phenoxy) is 4. The summed E-state index contributed by atoms with van der Waals surface area (Å²) in [5.74, 6) is 1.24. The van der Waals surface area contributed by atoms with Gasteiger partial charge in [0.2, 0.25) is 5.88 Å². The highest BCUT2D eigenvalue weighted by Crippen LogP contribution is 2.41. The highest BCUT2D eigenvalue weighted by molar-refractivity contribution is 6.05. The van der Waals surface area contributed by atoms with Gasteiger partial charge in [-0.1, -0.05) is 54.6 Å². The normalized spacial score (nSPS) is 13.5. The Labute approximate surface area is 245 Å². The molecule has 0 unspecified atom stereocenters.